The average Bonchev–Trinajstić information content (AvgIpc) is 2.99. The fourth-order valence-corrected chi connectivity index (χ4v) is 4.04. The summed E-state index contributed by atoms with van der Waals surface area (Å²) in [4.78, 5) is 0. The Balaban J connectivity index is 1.43. The molecule has 6 atom stereocenters. The predicted octanol–water partition coefficient (Wildman–Crippen LogP) is 1.86. The smallest absolute Gasteiger partial charge is 0.155 e. The lowest BCUT2D eigenvalue weighted by Gasteiger charge is -2.21. The molecule has 3 N–H and O–H groups in total. The number of aliphatic hydroxyl groups excluding tert-OH is 3. The molecule has 1 aliphatic heterocycles. The summed E-state index contributed by atoms with van der Waals surface area (Å²) in [6.45, 7) is 0. The Morgan fingerprint density at radius 3 is 2.64 bits per heavy atom. The van der Waals surface area contributed by atoms with Crippen molar-refractivity contribution in [1.82, 2.24) is 0 Å². The molecule has 1 saturated heterocycles. The van der Waals surface area contributed by atoms with Crippen molar-refractivity contribution in [3.05, 3.63) is 35.9 Å². The minimum Gasteiger partial charge on any atom is -0.393 e. The SMILES string of the molecule is O[C@H](CCc1ccccc1)CC[C@@H]1[C@H]2C[C@H](O)O[C@@H]2C[C@@H]1O. The highest BCUT2D eigenvalue weighted by Gasteiger charge is 2.48. The van der Waals surface area contributed by atoms with Crippen molar-refractivity contribution in [3.63, 3.8) is 0 Å². The molecule has 122 valence electrons. The maximum atomic E-state index is 10.2. The van der Waals surface area contributed by atoms with Crippen molar-refractivity contribution in [1.29, 1.82) is 0 Å². The van der Waals surface area contributed by atoms with Gasteiger partial charge in [-0.2, -0.15) is 0 Å². The summed E-state index contributed by atoms with van der Waals surface area (Å²) >= 11 is 0. The van der Waals surface area contributed by atoms with Crippen LogP contribution in [0.3, 0.4) is 0 Å². The van der Waals surface area contributed by atoms with E-state index >= 15 is 0 Å². The van der Waals surface area contributed by atoms with E-state index in [9.17, 15) is 15.3 Å². The molecular weight excluding hydrogens is 280 g/mol. The van der Waals surface area contributed by atoms with Gasteiger partial charge in [0.15, 0.2) is 6.29 Å². The highest BCUT2D eigenvalue weighted by Crippen LogP contribution is 2.44. The molecule has 2 aliphatic rings. The summed E-state index contributed by atoms with van der Waals surface area (Å²) < 4.78 is 5.43. The Kier molecular flexibility index (Phi) is 5.14. The molecule has 0 bridgehead atoms. The second-order valence-electron chi connectivity index (χ2n) is 6.75. The molecule has 1 aromatic rings. The molecule has 22 heavy (non-hydrogen) atoms. The summed E-state index contributed by atoms with van der Waals surface area (Å²) in [5.74, 6) is 0.389. The molecular formula is C18H26O4. The van der Waals surface area contributed by atoms with Crippen molar-refractivity contribution in [3.8, 4) is 0 Å². The number of benzene rings is 1. The van der Waals surface area contributed by atoms with Crippen LogP contribution in [0.2, 0.25) is 0 Å². The van der Waals surface area contributed by atoms with Gasteiger partial charge in [0.25, 0.3) is 0 Å². The third-order valence-electron chi connectivity index (χ3n) is 5.24. The molecule has 0 aromatic heterocycles. The standard InChI is InChI=1S/C18H26O4/c19-13(7-6-12-4-2-1-3-5-12)8-9-14-15-10-18(21)22-17(15)11-16(14)20/h1-5,13-21H,6-11H2/t13-,14-,15-,16+,17-,18-/m1/s1. The van der Waals surface area contributed by atoms with E-state index < -0.39 is 6.29 Å². The van der Waals surface area contributed by atoms with Crippen LogP contribution >= 0.6 is 0 Å². The summed E-state index contributed by atoms with van der Waals surface area (Å²) in [5.41, 5.74) is 1.25. The second-order valence-corrected chi connectivity index (χ2v) is 6.75. The van der Waals surface area contributed by atoms with Gasteiger partial charge in [0.05, 0.1) is 18.3 Å². The van der Waals surface area contributed by atoms with Gasteiger partial charge in [0.2, 0.25) is 0 Å². The van der Waals surface area contributed by atoms with Crippen LogP contribution in [-0.2, 0) is 11.2 Å². The fraction of sp³-hybridized carbons (Fsp3) is 0.667. The molecule has 1 aliphatic carbocycles. The molecule has 0 radical (unpaired) electrons. The van der Waals surface area contributed by atoms with E-state index in [1.54, 1.807) is 0 Å². The number of hydrogen-bond acceptors (Lipinski definition) is 4. The lowest BCUT2D eigenvalue weighted by atomic mass is 9.86. The van der Waals surface area contributed by atoms with E-state index in [1.165, 1.54) is 5.56 Å². The van der Waals surface area contributed by atoms with Crippen molar-refractivity contribution in [2.45, 2.75) is 63.1 Å². The first-order valence-corrected chi connectivity index (χ1v) is 8.37. The number of ether oxygens (including phenoxy) is 1. The molecule has 0 unspecified atom stereocenters. The first kappa shape index (κ1) is 15.9. The van der Waals surface area contributed by atoms with E-state index in [0.717, 1.165) is 19.3 Å². The van der Waals surface area contributed by atoms with Gasteiger partial charge < -0.3 is 20.1 Å². The van der Waals surface area contributed by atoms with Crippen LogP contribution in [-0.4, -0.2) is 39.9 Å². The topological polar surface area (TPSA) is 69.9 Å². The van der Waals surface area contributed by atoms with Gasteiger partial charge in [-0.15, -0.1) is 0 Å². The molecule has 1 saturated carbocycles. The highest BCUT2D eigenvalue weighted by molar-refractivity contribution is 5.14. The van der Waals surface area contributed by atoms with E-state index in [1.807, 2.05) is 18.2 Å². The minimum atomic E-state index is -0.673. The van der Waals surface area contributed by atoms with Crippen molar-refractivity contribution < 1.29 is 20.1 Å². The Morgan fingerprint density at radius 1 is 1.09 bits per heavy atom. The molecule has 2 fully saturated rings. The van der Waals surface area contributed by atoms with Crippen LogP contribution in [0.1, 0.15) is 37.7 Å². The van der Waals surface area contributed by atoms with Gasteiger partial charge in [-0.05, 0) is 43.1 Å². The van der Waals surface area contributed by atoms with Crippen molar-refractivity contribution in [2.75, 3.05) is 0 Å². The zero-order valence-electron chi connectivity index (χ0n) is 12.8. The van der Waals surface area contributed by atoms with E-state index in [4.69, 9.17) is 4.74 Å². The van der Waals surface area contributed by atoms with Gasteiger partial charge in [-0.3, -0.25) is 0 Å². The third kappa shape index (κ3) is 3.69. The van der Waals surface area contributed by atoms with Crippen LogP contribution in [0.4, 0.5) is 0 Å². The predicted molar refractivity (Wildman–Crippen MR) is 83.1 cm³/mol. The van der Waals surface area contributed by atoms with Crippen LogP contribution in [0.25, 0.3) is 0 Å². The van der Waals surface area contributed by atoms with E-state index in [2.05, 4.69) is 12.1 Å². The normalized spacial score (nSPS) is 35.5. The second kappa shape index (κ2) is 7.09. The lowest BCUT2D eigenvalue weighted by Crippen LogP contribution is -2.22. The number of fused-ring (bicyclic) bond motifs is 1. The molecule has 4 nitrogen and oxygen atoms in total. The molecule has 0 amide bonds. The number of aryl methyl sites for hydroxylation is 1. The maximum absolute atomic E-state index is 10.2. The fourth-order valence-electron chi connectivity index (χ4n) is 4.04. The highest BCUT2D eigenvalue weighted by atomic mass is 16.6. The zero-order valence-corrected chi connectivity index (χ0v) is 12.8. The summed E-state index contributed by atoms with van der Waals surface area (Å²) in [7, 11) is 0. The van der Waals surface area contributed by atoms with Crippen LogP contribution in [0.5, 0.6) is 0 Å². The molecule has 1 aromatic carbocycles. The number of aliphatic hydroxyl groups is 3. The van der Waals surface area contributed by atoms with Gasteiger partial charge >= 0.3 is 0 Å². The summed E-state index contributed by atoms with van der Waals surface area (Å²) in [6, 6.07) is 10.2. The third-order valence-corrected chi connectivity index (χ3v) is 5.24. The molecule has 1 heterocycles. The average molecular weight is 306 g/mol. The number of hydrogen-bond donors (Lipinski definition) is 3. The quantitative estimate of drug-likeness (QED) is 0.750. The van der Waals surface area contributed by atoms with Gasteiger partial charge in [0.1, 0.15) is 0 Å². The first-order valence-electron chi connectivity index (χ1n) is 8.37. The summed E-state index contributed by atoms with van der Waals surface area (Å²) in [6.07, 6.45) is 3.00. The van der Waals surface area contributed by atoms with Gasteiger partial charge in [-0.1, -0.05) is 30.3 Å². The monoisotopic (exact) mass is 306 g/mol. The van der Waals surface area contributed by atoms with Gasteiger partial charge in [-0.25, -0.2) is 0 Å². The zero-order chi connectivity index (χ0) is 15.5. The van der Waals surface area contributed by atoms with E-state index in [0.29, 0.717) is 19.3 Å². The minimum absolute atomic E-state index is 0.00328. The van der Waals surface area contributed by atoms with Crippen LogP contribution in [0, 0.1) is 11.8 Å². The lowest BCUT2D eigenvalue weighted by molar-refractivity contribution is -0.0951. The number of rotatable bonds is 6. The van der Waals surface area contributed by atoms with Crippen LogP contribution < -0.4 is 0 Å². The Labute approximate surface area is 131 Å². The molecule has 0 spiro atoms. The molecule has 3 rings (SSSR count). The Hall–Kier alpha value is -0.940. The largest absolute Gasteiger partial charge is 0.393 e. The van der Waals surface area contributed by atoms with Crippen molar-refractivity contribution >= 4 is 0 Å². The Morgan fingerprint density at radius 2 is 1.86 bits per heavy atom. The van der Waals surface area contributed by atoms with Gasteiger partial charge in [0, 0.05) is 12.8 Å². The Bertz CT molecular complexity index is 463. The van der Waals surface area contributed by atoms with Crippen molar-refractivity contribution in [2.24, 2.45) is 11.8 Å². The maximum Gasteiger partial charge on any atom is 0.155 e. The molecule has 4 heteroatoms. The summed E-state index contributed by atoms with van der Waals surface area (Å²) in [5, 5.41) is 29.9. The van der Waals surface area contributed by atoms with Crippen LogP contribution in [0.15, 0.2) is 30.3 Å². The van der Waals surface area contributed by atoms with E-state index in [-0.39, 0.29) is 30.1 Å². The first-order chi connectivity index (χ1) is 10.6.